The predicted octanol–water partition coefficient (Wildman–Crippen LogP) is 4.61. The predicted molar refractivity (Wildman–Crippen MR) is 125 cm³/mol. The molecule has 0 aliphatic carbocycles. The Labute approximate surface area is 189 Å². The van der Waals surface area contributed by atoms with E-state index in [0.29, 0.717) is 16.5 Å². The number of carbonyl (C=O) groups is 2. The van der Waals surface area contributed by atoms with Gasteiger partial charge >= 0.3 is 0 Å². The summed E-state index contributed by atoms with van der Waals surface area (Å²) in [5, 5.41) is 4.79. The Morgan fingerprint density at radius 1 is 1.19 bits per heavy atom. The zero-order chi connectivity index (χ0) is 22.5. The first-order chi connectivity index (χ1) is 15.5. The summed E-state index contributed by atoms with van der Waals surface area (Å²) in [6, 6.07) is 9.74. The van der Waals surface area contributed by atoms with Gasteiger partial charge in [0.15, 0.2) is 5.13 Å². The summed E-state index contributed by atoms with van der Waals surface area (Å²) in [5.41, 5.74) is 1.22. The third-order valence-corrected chi connectivity index (χ3v) is 5.80. The Morgan fingerprint density at radius 3 is 2.66 bits per heavy atom. The number of thiazole rings is 1. The molecule has 0 atom stereocenters. The number of amides is 2. The fourth-order valence-corrected chi connectivity index (χ4v) is 4.28. The Morgan fingerprint density at radius 2 is 1.97 bits per heavy atom. The minimum absolute atomic E-state index is 0.132. The largest absolute Gasteiger partial charge is 0.357 e. The van der Waals surface area contributed by atoms with Gasteiger partial charge in [0.1, 0.15) is 11.6 Å². The zero-order valence-corrected chi connectivity index (χ0v) is 18.3. The van der Waals surface area contributed by atoms with Gasteiger partial charge in [-0.1, -0.05) is 12.1 Å². The lowest BCUT2D eigenvalue weighted by Crippen LogP contribution is -2.23. The number of aromatic nitrogens is 2. The highest BCUT2D eigenvalue weighted by Crippen LogP contribution is 2.31. The Bertz CT molecular complexity index is 1140. The van der Waals surface area contributed by atoms with Crippen molar-refractivity contribution >= 4 is 51.6 Å². The van der Waals surface area contributed by atoms with E-state index in [1.807, 2.05) is 12.1 Å². The lowest BCUT2D eigenvalue weighted by Gasteiger charge is -2.18. The fraction of sp³-hybridized carbons (Fsp3) is 0.217. The van der Waals surface area contributed by atoms with E-state index in [0.717, 1.165) is 18.9 Å². The van der Waals surface area contributed by atoms with E-state index in [-0.39, 0.29) is 17.5 Å². The molecule has 1 aliphatic heterocycles. The second kappa shape index (κ2) is 9.69. The van der Waals surface area contributed by atoms with Gasteiger partial charge in [-0.05, 0) is 43.2 Å². The van der Waals surface area contributed by atoms with Crippen molar-refractivity contribution in [2.24, 2.45) is 0 Å². The SMILES string of the molecule is CC(=O)N(c1nc(/C=C/C(=O)Nc2ccc(N3CCCC3)nc2)cs1)c1ccccc1F. The van der Waals surface area contributed by atoms with Crippen LogP contribution in [0.15, 0.2) is 54.1 Å². The average molecular weight is 452 g/mol. The number of halogens is 1. The van der Waals surface area contributed by atoms with E-state index in [1.165, 1.54) is 54.2 Å². The summed E-state index contributed by atoms with van der Waals surface area (Å²) in [7, 11) is 0. The van der Waals surface area contributed by atoms with Gasteiger partial charge in [0, 0.05) is 31.5 Å². The van der Waals surface area contributed by atoms with E-state index >= 15 is 0 Å². The van der Waals surface area contributed by atoms with Crippen molar-refractivity contribution in [2.45, 2.75) is 19.8 Å². The highest BCUT2D eigenvalue weighted by molar-refractivity contribution is 7.14. The van der Waals surface area contributed by atoms with Crippen LogP contribution < -0.4 is 15.1 Å². The van der Waals surface area contributed by atoms with Crippen LogP contribution in [0.3, 0.4) is 0 Å². The van der Waals surface area contributed by atoms with Gasteiger partial charge in [-0.2, -0.15) is 0 Å². The molecule has 3 heterocycles. The van der Waals surface area contributed by atoms with Gasteiger partial charge in [0.05, 0.1) is 23.3 Å². The van der Waals surface area contributed by atoms with Gasteiger partial charge in [0.25, 0.3) is 0 Å². The quantitative estimate of drug-likeness (QED) is 0.554. The average Bonchev–Trinajstić information content (AvgIpc) is 3.47. The number of nitrogens with one attached hydrogen (secondary N) is 1. The van der Waals surface area contributed by atoms with Crippen LogP contribution >= 0.6 is 11.3 Å². The molecule has 0 spiro atoms. The summed E-state index contributed by atoms with van der Waals surface area (Å²) in [4.78, 5) is 36.6. The zero-order valence-electron chi connectivity index (χ0n) is 17.5. The lowest BCUT2D eigenvalue weighted by molar-refractivity contribution is -0.116. The molecule has 4 rings (SSSR count). The molecule has 164 valence electrons. The number of carbonyl (C=O) groups excluding carboxylic acids is 2. The van der Waals surface area contributed by atoms with Crippen molar-refractivity contribution in [2.75, 3.05) is 28.2 Å². The Kier molecular flexibility index (Phi) is 6.55. The first-order valence-electron chi connectivity index (χ1n) is 10.2. The van der Waals surface area contributed by atoms with Crippen LogP contribution in [0.2, 0.25) is 0 Å². The van der Waals surface area contributed by atoms with Crippen LogP contribution in [0.4, 0.5) is 26.7 Å². The normalized spacial score (nSPS) is 13.5. The first kappa shape index (κ1) is 21.6. The molecule has 2 aromatic heterocycles. The second-order valence-electron chi connectivity index (χ2n) is 7.28. The van der Waals surface area contributed by atoms with E-state index in [1.54, 1.807) is 29.8 Å². The second-order valence-corrected chi connectivity index (χ2v) is 8.12. The number of nitrogens with zero attached hydrogens (tertiary/aromatic N) is 4. The summed E-state index contributed by atoms with van der Waals surface area (Å²) >= 11 is 1.19. The molecule has 2 amide bonds. The molecule has 1 aliphatic rings. The smallest absolute Gasteiger partial charge is 0.248 e. The van der Waals surface area contributed by atoms with Crippen molar-refractivity contribution in [3.8, 4) is 0 Å². The first-order valence-corrected chi connectivity index (χ1v) is 11.1. The van der Waals surface area contributed by atoms with Crippen molar-refractivity contribution in [1.29, 1.82) is 0 Å². The standard InChI is InChI=1S/C23H22FN5O2S/c1-16(30)29(20-7-3-2-6-19(20)24)23-27-18(15-32-23)9-11-22(31)26-17-8-10-21(25-14-17)28-12-4-5-13-28/h2-3,6-11,14-15H,4-5,12-13H2,1H3,(H,26,31)/b11-9+. The molecule has 0 saturated carbocycles. The maximum atomic E-state index is 14.2. The minimum Gasteiger partial charge on any atom is -0.357 e. The van der Waals surface area contributed by atoms with Crippen LogP contribution in [0, 0.1) is 5.82 Å². The Balaban J connectivity index is 1.41. The van der Waals surface area contributed by atoms with Gasteiger partial charge in [-0.3, -0.25) is 14.5 Å². The molecule has 1 saturated heterocycles. The van der Waals surface area contributed by atoms with Gasteiger partial charge in [0.2, 0.25) is 11.8 Å². The van der Waals surface area contributed by atoms with Crippen LogP contribution in [-0.4, -0.2) is 34.9 Å². The maximum absolute atomic E-state index is 14.2. The van der Waals surface area contributed by atoms with Gasteiger partial charge < -0.3 is 10.2 Å². The fourth-order valence-electron chi connectivity index (χ4n) is 3.43. The summed E-state index contributed by atoms with van der Waals surface area (Å²) in [5.74, 6) is -0.287. The van der Waals surface area contributed by atoms with Gasteiger partial charge in [-0.15, -0.1) is 11.3 Å². The summed E-state index contributed by atoms with van der Waals surface area (Å²) in [6.45, 7) is 3.37. The number of anilines is 4. The molecule has 32 heavy (non-hydrogen) atoms. The maximum Gasteiger partial charge on any atom is 0.248 e. The molecule has 0 radical (unpaired) electrons. The van der Waals surface area contributed by atoms with Crippen LogP contribution in [0.25, 0.3) is 6.08 Å². The number of benzene rings is 1. The van der Waals surface area contributed by atoms with Crippen molar-refractivity contribution < 1.29 is 14.0 Å². The molecular weight excluding hydrogens is 429 g/mol. The van der Waals surface area contributed by atoms with Crippen LogP contribution in [-0.2, 0) is 9.59 Å². The lowest BCUT2D eigenvalue weighted by atomic mass is 10.3. The molecule has 0 bridgehead atoms. The number of rotatable bonds is 6. The topological polar surface area (TPSA) is 78.4 Å². The molecule has 7 nitrogen and oxygen atoms in total. The minimum atomic E-state index is -0.515. The molecule has 9 heteroatoms. The van der Waals surface area contributed by atoms with E-state index in [2.05, 4.69) is 20.2 Å². The van der Waals surface area contributed by atoms with E-state index in [4.69, 9.17) is 0 Å². The highest BCUT2D eigenvalue weighted by atomic mass is 32.1. The van der Waals surface area contributed by atoms with Gasteiger partial charge in [-0.25, -0.2) is 14.4 Å². The van der Waals surface area contributed by atoms with Crippen molar-refractivity contribution in [3.63, 3.8) is 0 Å². The number of pyridine rings is 1. The number of para-hydroxylation sites is 1. The van der Waals surface area contributed by atoms with Crippen LogP contribution in [0.5, 0.6) is 0 Å². The molecule has 1 fully saturated rings. The highest BCUT2D eigenvalue weighted by Gasteiger charge is 2.20. The monoisotopic (exact) mass is 451 g/mol. The third kappa shape index (κ3) is 5.00. The molecule has 1 aromatic carbocycles. The van der Waals surface area contributed by atoms with Crippen molar-refractivity contribution in [1.82, 2.24) is 9.97 Å². The molecule has 3 aromatic rings. The number of hydrogen-bond acceptors (Lipinski definition) is 6. The summed E-state index contributed by atoms with van der Waals surface area (Å²) in [6.07, 6.45) is 6.89. The third-order valence-electron chi connectivity index (χ3n) is 4.96. The van der Waals surface area contributed by atoms with E-state index in [9.17, 15) is 14.0 Å². The Hall–Kier alpha value is -3.59. The molecule has 0 unspecified atom stereocenters. The number of hydrogen-bond donors (Lipinski definition) is 1. The van der Waals surface area contributed by atoms with Crippen LogP contribution in [0.1, 0.15) is 25.5 Å². The van der Waals surface area contributed by atoms with E-state index < -0.39 is 5.82 Å². The molecular formula is C23H22FN5O2S. The molecule has 1 N–H and O–H groups in total. The van der Waals surface area contributed by atoms with Crippen molar-refractivity contribution in [3.05, 3.63) is 65.6 Å². The summed E-state index contributed by atoms with van der Waals surface area (Å²) < 4.78 is 14.2.